The molecule has 0 aliphatic carbocycles. The third-order valence-corrected chi connectivity index (χ3v) is 3.48. The molecule has 6 nitrogen and oxygen atoms in total. The highest BCUT2D eigenvalue weighted by molar-refractivity contribution is 5.74. The van der Waals surface area contributed by atoms with E-state index in [1.807, 2.05) is 30.3 Å². The first-order valence-electron chi connectivity index (χ1n) is 7.02. The first kappa shape index (κ1) is 13.6. The summed E-state index contributed by atoms with van der Waals surface area (Å²) < 4.78 is 5.22. The summed E-state index contributed by atoms with van der Waals surface area (Å²) in [4.78, 5) is 11.7. The maximum absolute atomic E-state index is 11.7. The van der Waals surface area contributed by atoms with Gasteiger partial charge in [0, 0.05) is 19.3 Å². The van der Waals surface area contributed by atoms with Crippen molar-refractivity contribution in [3.8, 4) is 11.3 Å². The lowest BCUT2D eigenvalue weighted by Crippen LogP contribution is -2.42. The van der Waals surface area contributed by atoms with E-state index in [2.05, 4.69) is 20.8 Å². The van der Waals surface area contributed by atoms with Gasteiger partial charge in [-0.25, -0.2) is 4.79 Å². The van der Waals surface area contributed by atoms with Crippen molar-refractivity contribution in [3.05, 3.63) is 42.1 Å². The zero-order valence-corrected chi connectivity index (χ0v) is 11.6. The van der Waals surface area contributed by atoms with Crippen molar-refractivity contribution in [3.63, 3.8) is 0 Å². The SMILES string of the molecule is O=C(NCc1ccc(-c2ccn[nH]2)cc1)NC1CCOC1. The predicted molar refractivity (Wildman–Crippen MR) is 78.6 cm³/mol. The molecule has 1 aliphatic heterocycles. The number of aromatic nitrogens is 2. The molecule has 0 spiro atoms. The number of ether oxygens (including phenoxy) is 1. The molecule has 21 heavy (non-hydrogen) atoms. The van der Waals surface area contributed by atoms with Crippen LogP contribution in [0.2, 0.25) is 0 Å². The number of nitrogens with zero attached hydrogens (tertiary/aromatic N) is 1. The van der Waals surface area contributed by atoms with Gasteiger partial charge in [0.2, 0.25) is 0 Å². The van der Waals surface area contributed by atoms with Gasteiger partial charge in [-0.3, -0.25) is 5.10 Å². The van der Waals surface area contributed by atoms with E-state index in [1.165, 1.54) is 0 Å². The van der Waals surface area contributed by atoms with E-state index in [0.717, 1.165) is 29.8 Å². The minimum Gasteiger partial charge on any atom is -0.379 e. The van der Waals surface area contributed by atoms with Gasteiger partial charge in [0.05, 0.1) is 18.3 Å². The Morgan fingerprint density at radius 2 is 2.19 bits per heavy atom. The molecule has 1 saturated heterocycles. The smallest absolute Gasteiger partial charge is 0.315 e. The topological polar surface area (TPSA) is 79.0 Å². The Morgan fingerprint density at radius 1 is 1.33 bits per heavy atom. The third kappa shape index (κ3) is 3.61. The second-order valence-electron chi connectivity index (χ2n) is 5.05. The van der Waals surface area contributed by atoms with E-state index >= 15 is 0 Å². The number of urea groups is 1. The summed E-state index contributed by atoms with van der Waals surface area (Å²) in [6.45, 7) is 1.83. The van der Waals surface area contributed by atoms with Crippen molar-refractivity contribution in [2.24, 2.45) is 0 Å². The van der Waals surface area contributed by atoms with E-state index in [0.29, 0.717) is 13.2 Å². The van der Waals surface area contributed by atoms with E-state index < -0.39 is 0 Å². The summed E-state index contributed by atoms with van der Waals surface area (Å²) in [5.41, 5.74) is 3.10. The molecule has 1 aromatic carbocycles. The normalized spacial score (nSPS) is 17.6. The molecule has 2 amide bonds. The molecule has 0 saturated carbocycles. The van der Waals surface area contributed by atoms with Crippen molar-refractivity contribution in [1.29, 1.82) is 0 Å². The molecule has 2 heterocycles. The maximum Gasteiger partial charge on any atom is 0.315 e. The van der Waals surface area contributed by atoms with Crippen molar-refractivity contribution >= 4 is 6.03 Å². The van der Waals surface area contributed by atoms with Crippen LogP contribution in [0.4, 0.5) is 4.79 Å². The number of rotatable bonds is 4. The van der Waals surface area contributed by atoms with Gasteiger partial charge in [-0.15, -0.1) is 0 Å². The molecule has 1 fully saturated rings. The lowest BCUT2D eigenvalue weighted by atomic mass is 10.1. The summed E-state index contributed by atoms with van der Waals surface area (Å²) in [5, 5.41) is 12.6. The summed E-state index contributed by atoms with van der Waals surface area (Å²) >= 11 is 0. The van der Waals surface area contributed by atoms with Crippen LogP contribution in [0.1, 0.15) is 12.0 Å². The van der Waals surface area contributed by atoms with Crippen LogP contribution in [0.3, 0.4) is 0 Å². The van der Waals surface area contributed by atoms with Crippen molar-refractivity contribution in [2.75, 3.05) is 13.2 Å². The number of amides is 2. The molecule has 3 N–H and O–H groups in total. The second-order valence-corrected chi connectivity index (χ2v) is 5.05. The van der Waals surface area contributed by atoms with Crippen LogP contribution in [0.15, 0.2) is 36.5 Å². The van der Waals surface area contributed by atoms with E-state index in [4.69, 9.17) is 4.74 Å². The molecule has 1 atom stereocenters. The number of benzene rings is 1. The molecule has 6 heteroatoms. The quantitative estimate of drug-likeness (QED) is 0.800. The number of hydrogen-bond acceptors (Lipinski definition) is 3. The van der Waals surface area contributed by atoms with Gasteiger partial charge in [0.1, 0.15) is 0 Å². The van der Waals surface area contributed by atoms with Crippen LogP contribution < -0.4 is 10.6 Å². The van der Waals surface area contributed by atoms with Gasteiger partial charge in [0.25, 0.3) is 0 Å². The Labute approximate surface area is 122 Å². The molecular weight excluding hydrogens is 268 g/mol. The number of hydrogen-bond donors (Lipinski definition) is 3. The average Bonchev–Trinajstić information content (AvgIpc) is 3.19. The number of H-pyrrole nitrogens is 1. The van der Waals surface area contributed by atoms with Crippen LogP contribution in [0.5, 0.6) is 0 Å². The molecule has 1 aromatic heterocycles. The molecule has 0 bridgehead atoms. The first-order chi connectivity index (χ1) is 10.3. The van der Waals surface area contributed by atoms with Gasteiger partial charge < -0.3 is 15.4 Å². The molecule has 1 unspecified atom stereocenters. The average molecular weight is 286 g/mol. The fourth-order valence-electron chi connectivity index (χ4n) is 2.29. The summed E-state index contributed by atoms with van der Waals surface area (Å²) in [7, 11) is 0. The summed E-state index contributed by atoms with van der Waals surface area (Å²) in [5.74, 6) is 0. The van der Waals surface area contributed by atoms with Gasteiger partial charge in [-0.05, 0) is 23.6 Å². The second kappa shape index (κ2) is 6.41. The summed E-state index contributed by atoms with van der Waals surface area (Å²) in [6.07, 6.45) is 2.61. The van der Waals surface area contributed by atoms with Crippen LogP contribution in [0.25, 0.3) is 11.3 Å². The molecule has 2 aromatic rings. The van der Waals surface area contributed by atoms with Crippen LogP contribution in [0, 0.1) is 0 Å². The van der Waals surface area contributed by atoms with Crippen LogP contribution in [-0.4, -0.2) is 35.5 Å². The van der Waals surface area contributed by atoms with Crippen molar-refractivity contribution in [1.82, 2.24) is 20.8 Å². The van der Waals surface area contributed by atoms with Gasteiger partial charge in [-0.2, -0.15) is 5.10 Å². The largest absolute Gasteiger partial charge is 0.379 e. The maximum atomic E-state index is 11.7. The standard InChI is InChI=1S/C15H18N4O2/c20-15(18-13-6-8-21-10-13)16-9-11-1-3-12(4-2-11)14-5-7-17-19-14/h1-5,7,13H,6,8-10H2,(H,17,19)(H2,16,18,20). The number of carbonyl (C=O) groups excluding carboxylic acids is 1. The van der Waals surface area contributed by atoms with E-state index in [1.54, 1.807) is 6.20 Å². The Balaban J connectivity index is 1.50. The molecule has 3 rings (SSSR count). The number of carbonyl (C=O) groups is 1. The minimum absolute atomic E-state index is 0.132. The van der Waals surface area contributed by atoms with Gasteiger partial charge in [0.15, 0.2) is 0 Å². The minimum atomic E-state index is -0.150. The van der Waals surface area contributed by atoms with E-state index in [9.17, 15) is 4.79 Å². The Kier molecular flexibility index (Phi) is 4.16. The van der Waals surface area contributed by atoms with Crippen LogP contribution in [-0.2, 0) is 11.3 Å². The first-order valence-corrected chi connectivity index (χ1v) is 7.02. The molecule has 1 aliphatic rings. The highest BCUT2D eigenvalue weighted by atomic mass is 16.5. The van der Waals surface area contributed by atoms with E-state index in [-0.39, 0.29) is 12.1 Å². The molecule has 0 radical (unpaired) electrons. The third-order valence-electron chi connectivity index (χ3n) is 3.48. The molecular formula is C15H18N4O2. The Hall–Kier alpha value is -2.34. The predicted octanol–water partition coefficient (Wildman–Crippen LogP) is 1.66. The lowest BCUT2D eigenvalue weighted by Gasteiger charge is -2.12. The fourth-order valence-corrected chi connectivity index (χ4v) is 2.29. The van der Waals surface area contributed by atoms with Crippen molar-refractivity contribution < 1.29 is 9.53 Å². The number of aromatic amines is 1. The highest BCUT2D eigenvalue weighted by Crippen LogP contribution is 2.16. The Morgan fingerprint density at radius 3 is 2.86 bits per heavy atom. The van der Waals surface area contributed by atoms with Gasteiger partial charge >= 0.3 is 6.03 Å². The Bertz CT molecular complexity index is 574. The zero-order chi connectivity index (χ0) is 14.5. The number of nitrogens with one attached hydrogen (secondary N) is 3. The zero-order valence-electron chi connectivity index (χ0n) is 11.6. The summed E-state index contributed by atoms with van der Waals surface area (Å²) in [6, 6.07) is 9.91. The van der Waals surface area contributed by atoms with Gasteiger partial charge in [-0.1, -0.05) is 24.3 Å². The highest BCUT2D eigenvalue weighted by Gasteiger charge is 2.17. The fraction of sp³-hybridized carbons (Fsp3) is 0.333. The molecule has 110 valence electrons. The lowest BCUT2D eigenvalue weighted by molar-refractivity contribution is 0.188. The van der Waals surface area contributed by atoms with Crippen molar-refractivity contribution in [2.45, 2.75) is 19.0 Å². The monoisotopic (exact) mass is 286 g/mol. The van der Waals surface area contributed by atoms with Crippen LogP contribution >= 0.6 is 0 Å².